The third-order valence-electron chi connectivity index (χ3n) is 1.98. The van der Waals surface area contributed by atoms with Crippen LogP contribution in [0.2, 0.25) is 0 Å². The van der Waals surface area contributed by atoms with Gasteiger partial charge in [0.15, 0.2) is 5.78 Å². The summed E-state index contributed by atoms with van der Waals surface area (Å²) < 4.78 is 5.50. The van der Waals surface area contributed by atoms with Gasteiger partial charge in [-0.25, -0.2) is 0 Å². The predicted molar refractivity (Wildman–Crippen MR) is 61.4 cm³/mol. The number of carbonyl (C=O) groups excluding carboxylic acids is 1. The Labute approximate surface area is 90.6 Å². The molecule has 0 saturated carbocycles. The maximum absolute atomic E-state index is 11.6. The fourth-order valence-electron chi connectivity index (χ4n) is 1.21. The number of carbonyl (C=O) groups is 1. The second-order valence-corrected chi connectivity index (χ2v) is 3.52. The lowest BCUT2D eigenvalue weighted by Gasteiger charge is -2.09. The van der Waals surface area contributed by atoms with Crippen molar-refractivity contribution in [3.05, 3.63) is 42.0 Å². The summed E-state index contributed by atoms with van der Waals surface area (Å²) in [7, 11) is 0. The Hall–Kier alpha value is -1.57. The summed E-state index contributed by atoms with van der Waals surface area (Å²) in [6, 6.07) is 7.31. The molecule has 1 aromatic rings. The molecule has 80 valence electrons. The number of Topliss-reactive ketones (excluding diaryl/α,β-unsaturated/α-hetero) is 1. The summed E-state index contributed by atoms with van der Waals surface area (Å²) in [6.45, 7) is 7.95. The van der Waals surface area contributed by atoms with Gasteiger partial charge in [0.1, 0.15) is 12.4 Å². The summed E-state index contributed by atoms with van der Waals surface area (Å²) in [5.74, 6) is 0.750. The average molecular weight is 204 g/mol. The number of rotatable bonds is 5. The van der Waals surface area contributed by atoms with Crippen LogP contribution in [0, 0.1) is 0 Å². The molecule has 0 spiro atoms. The first kappa shape index (κ1) is 11.5. The van der Waals surface area contributed by atoms with E-state index in [1.54, 1.807) is 6.07 Å². The lowest BCUT2D eigenvalue weighted by atomic mass is 10.1. The zero-order chi connectivity index (χ0) is 11.3. The van der Waals surface area contributed by atoms with E-state index < -0.39 is 0 Å². The Kier molecular flexibility index (Phi) is 4.10. The molecule has 0 fully saturated rings. The highest BCUT2D eigenvalue weighted by atomic mass is 16.5. The molecule has 0 saturated heterocycles. The van der Waals surface area contributed by atoms with Gasteiger partial charge in [-0.3, -0.25) is 4.79 Å². The van der Waals surface area contributed by atoms with Crippen LogP contribution in [0.25, 0.3) is 0 Å². The van der Waals surface area contributed by atoms with Crippen molar-refractivity contribution in [1.82, 2.24) is 0 Å². The van der Waals surface area contributed by atoms with Gasteiger partial charge in [-0.05, 0) is 24.6 Å². The molecule has 1 aromatic carbocycles. The van der Waals surface area contributed by atoms with E-state index in [9.17, 15) is 4.79 Å². The minimum atomic E-state index is 0.104. The Morgan fingerprint density at radius 3 is 2.67 bits per heavy atom. The lowest BCUT2D eigenvalue weighted by molar-refractivity contribution is 0.0984. The predicted octanol–water partition coefficient (Wildman–Crippen LogP) is 3.23. The topological polar surface area (TPSA) is 26.3 Å². The Morgan fingerprint density at radius 1 is 1.40 bits per heavy atom. The van der Waals surface area contributed by atoms with E-state index in [1.165, 1.54) is 0 Å². The lowest BCUT2D eigenvalue weighted by Crippen LogP contribution is -2.04. The van der Waals surface area contributed by atoms with Gasteiger partial charge >= 0.3 is 0 Å². The number of ketones is 1. The number of hydrogen-bond acceptors (Lipinski definition) is 2. The molecule has 0 atom stereocenters. The zero-order valence-corrected chi connectivity index (χ0v) is 9.25. The fraction of sp³-hybridized carbons (Fsp3) is 0.308. The molecule has 0 aromatic heterocycles. The second kappa shape index (κ2) is 5.35. The van der Waals surface area contributed by atoms with E-state index in [-0.39, 0.29) is 5.78 Å². The smallest absolute Gasteiger partial charge is 0.166 e. The molecule has 0 aliphatic rings. The van der Waals surface area contributed by atoms with Crippen LogP contribution in [0.5, 0.6) is 5.75 Å². The van der Waals surface area contributed by atoms with Crippen molar-refractivity contribution in [2.45, 2.75) is 20.3 Å². The van der Waals surface area contributed by atoms with Gasteiger partial charge < -0.3 is 4.74 Å². The first-order valence-corrected chi connectivity index (χ1v) is 5.04. The van der Waals surface area contributed by atoms with Gasteiger partial charge in [0.25, 0.3) is 0 Å². The van der Waals surface area contributed by atoms with Crippen LogP contribution in [-0.2, 0) is 0 Å². The number of para-hydroxylation sites is 1. The molecular formula is C13H16O2. The summed E-state index contributed by atoms with van der Waals surface area (Å²) in [5.41, 5.74) is 1.59. The molecule has 0 N–H and O–H groups in total. The molecule has 0 aliphatic carbocycles. The van der Waals surface area contributed by atoms with Crippen LogP contribution >= 0.6 is 0 Å². The molecule has 2 nitrogen and oxygen atoms in total. The van der Waals surface area contributed by atoms with Gasteiger partial charge in [0.05, 0.1) is 5.56 Å². The molecule has 0 unspecified atom stereocenters. The molecule has 15 heavy (non-hydrogen) atoms. The monoisotopic (exact) mass is 204 g/mol. The third kappa shape index (κ3) is 3.24. The molecule has 0 heterocycles. The standard InChI is InChI=1S/C13H16O2/c1-4-12(14)11-7-5-6-8-13(11)15-9-10(2)3/h5-8H,2,4,9H2,1,3H3. The minimum absolute atomic E-state index is 0.104. The van der Waals surface area contributed by atoms with Crippen molar-refractivity contribution in [3.8, 4) is 5.75 Å². The highest BCUT2D eigenvalue weighted by molar-refractivity contribution is 5.98. The zero-order valence-electron chi connectivity index (χ0n) is 9.25. The maximum Gasteiger partial charge on any atom is 0.166 e. The van der Waals surface area contributed by atoms with E-state index >= 15 is 0 Å². The van der Waals surface area contributed by atoms with Crippen LogP contribution in [0.1, 0.15) is 30.6 Å². The maximum atomic E-state index is 11.6. The van der Waals surface area contributed by atoms with Crippen LogP contribution in [0.4, 0.5) is 0 Å². The third-order valence-corrected chi connectivity index (χ3v) is 1.98. The van der Waals surface area contributed by atoms with E-state index in [0.29, 0.717) is 24.3 Å². The van der Waals surface area contributed by atoms with E-state index in [0.717, 1.165) is 5.57 Å². The SMILES string of the molecule is C=C(C)COc1ccccc1C(=O)CC. The average Bonchev–Trinajstić information content (AvgIpc) is 2.25. The number of ether oxygens (including phenoxy) is 1. The van der Waals surface area contributed by atoms with Crippen molar-refractivity contribution in [2.24, 2.45) is 0 Å². The van der Waals surface area contributed by atoms with Crippen LogP contribution in [-0.4, -0.2) is 12.4 Å². The van der Waals surface area contributed by atoms with Crippen molar-refractivity contribution < 1.29 is 9.53 Å². The molecule has 0 radical (unpaired) electrons. The Morgan fingerprint density at radius 2 is 2.07 bits per heavy atom. The molecule has 2 heteroatoms. The summed E-state index contributed by atoms with van der Waals surface area (Å²) in [6.07, 6.45) is 0.493. The molecule has 0 aliphatic heterocycles. The van der Waals surface area contributed by atoms with Crippen molar-refractivity contribution in [2.75, 3.05) is 6.61 Å². The highest BCUT2D eigenvalue weighted by Crippen LogP contribution is 2.19. The Balaban J connectivity index is 2.86. The summed E-state index contributed by atoms with van der Waals surface area (Å²) in [4.78, 5) is 11.6. The molecule has 1 rings (SSSR count). The van der Waals surface area contributed by atoms with Crippen LogP contribution in [0.3, 0.4) is 0 Å². The highest BCUT2D eigenvalue weighted by Gasteiger charge is 2.09. The molecule has 0 amide bonds. The van der Waals surface area contributed by atoms with Gasteiger partial charge in [-0.15, -0.1) is 0 Å². The van der Waals surface area contributed by atoms with Crippen LogP contribution in [0.15, 0.2) is 36.4 Å². The van der Waals surface area contributed by atoms with E-state index in [4.69, 9.17) is 4.74 Å². The molecule has 0 bridgehead atoms. The number of benzene rings is 1. The first-order chi connectivity index (χ1) is 7.15. The largest absolute Gasteiger partial charge is 0.489 e. The Bertz CT molecular complexity index is 367. The van der Waals surface area contributed by atoms with Gasteiger partial charge in [-0.1, -0.05) is 25.6 Å². The minimum Gasteiger partial charge on any atom is -0.489 e. The summed E-state index contributed by atoms with van der Waals surface area (Å²) in [5, 5.41) is 0. The van der Waals surface area contributed by atoms with Gasteiger partial charge in [-0.2, -0.15) is 0 Å². The van der Waals surface area contributed by atoms with Crippen LogP contribution < -0.4 is 4.74 Å². The molecular weight excluding hydrogens is 188 g/mol. The first-order valence-electron chi connectivity index (χ1n) is 5.04. The van der Waals surface area contributed by atoms with E-state index in [1.807, 2.05) is 32.0 Å². The van der Waals surface area contributed by atoms with E-state index in [2.05, 4.69) is 6.58 Å². The van der Waals surface area contributed by atoms with Gasteiger partial charge in [0, 0.05) is 6.42 Å². The summed E-state index contributed by atoms with van der Waals surface area (Å²) >= 11 is 0. The van der Waals surface area contributed by atoms with Crippen molar-refractivity contribution in [3.63, 3.8) is 0 Å². The normalized spacial score (nSPS) is 9.73. The second-order valence-electron chi connectivity index (χ2n) is 3.52. The van der Waals surface area contributed by atoms with Crippen molar-refractivity contribution in [1.29, 1.82) is 0 Å². The fourth-order valence-corrected chi connectivity index (χ4v) is 1.21. The number of hydrogen-bond donors (Lipinski definition) is 0. The quantitative estimate of drug-likeness (QED) is 0.543. The van der Waals surface area contributed by atoms with Gasteiger partial charge in [0.2, 0.25) is 0 Å². The van der Waals surface area contributed by atoms with Crippen molar-refractivity contribution >= 4 is 5.78 Å².